The third-order valence-corrected chi connectivity index (χ3v) is 4.88. The SMILES string of the molecule is CCCCc1sc2cc(C(C)(C)C)ccc2c1C(F)(F)F.Cl. The topological polar surface area (TPSA) is 0 Å². The van der Waals surface area contributed by atoms with Gasteiger partial charge in [0.05, 0.1) is 5.56 Å². The van der Waals surface area contributed by atoms with Crippen molar-refractivity contribution in [2.24, 2.45) is 0 Å². The number of aryl methyl sites for hydroxylation is 1. The number of unbranched alkanes of at least 4 members (excludes halogenated alkanes) is 1. The van der Waals surface area contributed by atoms with Gasteiger partial charge in [-0.2, -0.15) is 13.2 Å². The van der Waals surface area contributed by atoms with Gasteiger partial charge in [0, 0.05) is 15.0 Å². The molecule has 0 saturated heterocycles. The van der Waals surface area contributed by atoms with Crippen LogP contribution in [0.5, 0.6) is 0 Å². The van der Waals surface area contributed by atoms with E-state index in [0.29, 0.717) is 16.7 Å². The zero-order valence-electron chi connectivity index (χ0n) is 13.3. The van der Waals surface area contributed by atoms with Crippen molar-refractivity contribution in [3.05, 3.63) is 34.2 Å². The molecule has 0 aliphatic carbocycles. The molecule has 0 atom stereocenters. The van der Waals surface area contributed by atoms with Crippen molar-refractivity contribution in [3.8, 4) is 0 Å². The van der Waals surface area contributed by atoms with Gasteiger partial charge in [0.2, 0.25) is 0 Å². The Morgan fingerprint density at radius 3 is 2.23 bits per heavy atom. The zero-order chi connectivity index (χ0) is 15.8. The molecule has 0 saturated carbocycles. The lowest BCUT2D eigenvalue weighted by Gasteiger charge is -2.19. The molecule has 0 bridgehead atoms. The van der Waals surface area contributed by atoms with Gasteiger partial charge in [0.1, 0.15) is 0 Å². The van der Waals surface area contributed by atoms with Crippen LogP contribution in [-0.4, -0.2) is 0 Å². The number of hydrogen-bond acceptors (Lipinski definition) is 1. The van der Waals surface area contributed by atoms with E-state index in [1.165, 1.54) is 11.3 Å². The zero-order valence-corrected chi connectivity index (χ0v) is 14.9. The van der Waals surface area contributed by atoms with Crippen LogP contribution in [0.15, 0.2) is 18.2 Å². The van der Waals surface area contributed by atoms with Crippen LogP contribution in [0.2, 0.25) is 0 Å². The van der Waals surface area contributed by atoms with Crippen LogP contribution < -0.4 is 0 Å². The first-order valence-corrected chi connectivity index (χ1v) is 8.09. The lowest BCUT2D eigenvalue weighted by molar-refractivity contribution is -0.136. The molecule has 1 aromatic carbocycles. The number of fused-ring (bicyclic) bond motifs is 1. The molecule has 2 rings (SSSR count). The van der Waals surface area contributed by atoms with Gasteiger partial charge in [-0.1, -0.05) is 46.2 Å². The minimum Gasteiger partial charge on any atom is -0.166 e. The molecule has 0 nitrogen and oxygen atoms in total. The maximum absolute atomic E-state index is 13.4. The highest BCUT2D eigenvalue weighted by molar-refractivity contribution is 7.19. The van der Waals surface area contributed by atoms with Crippen molar-refractivity contribution in [2.45, 2.75) is 58.5 Å². The number of halogens is 4. The van der Waals surface area contributed by atoms with E-state index in [4.69, 9.17) is 0 Å². The fraction of sp³-hybridized carbons (Fsp3) is 0.529. The van der Waals surface area contributed by atoms with Crippen LogP contribution in [0.1, 0.15) is 56.5 Å². The highest BCUT2D eigenvalue weighted by Crippen LogP contribution is 2.43. The molecule has 5 heteroatoms. The minimum absolute atomic E-state index is 0. The van der Waals surface area contributed by atoms with Gasteiger partial charge in [0.25, 0.3) is 0 Å². The smallest absolute Gasteiger partial charge is 0.166 e. The summed E-state index contributed by atoms with van der Waals surface area (Å²) in [4.78, 5) is 0.477. The molecule has 0 unspecified atom stereocenters. The number of rotatable bonds is 3. The highest BCUT2D eigenvalue weighted by atomic mass is 35.5. The van der Waals surface area contributed by atoms with Crippen LogP contribution in [0.3, 0.4) is 0 Å². The van der Waals surface area contributed by atoms with E-state index < -0.39 is 11.7 Å². The van der Waals surface area contributed by atoms with Crippen LogP contribution in [0.25, 0.3) is 10.1 Å². The van der Waals surface area contributed by atoms with Gasteiger partial charge in [-0.05, 0) is 29.9 Å². The molecule has 124 valence electrons. The molecule has 2 aromatic rings. The first kappa shape index (κ1) is 19.3. The molecule has 0 fully saturated rings. The number of hydrogen-bond donors (Lipinski definition) is 0. The van der Waals surface area contributed by atoms with Gasteiger partial charge in [-0.15, -0.1) is 23.7 Å². The van der Waals surface area contributed by atoms with Crippen molar-refractivity contribution in [2.75, 3.05) is 0 Å². The summed E-state index contributed by atoms with van der Waals surface area (Å²) in [6, 6.07) is 5.39. The third-order valence-electron chi connectivity index (χ3n) is 3.67. The van der Waals surface area contributed by atoms with E-state index in [-0.39, 0.29) is 17.8 Å². The minimum atomic E-state index is -4.27. The molecular formula is C17H22ClF3S. The van der Waals surface area contributed by atoms with Crippen LogP contribution >= 0.6 is 23.7 Å². The van der Waals surface area contributed by atoms with Crippen LogP contribution in [0, 0.1) is 0 Å². The lowest BCUT2D eigenvalue weighted by atomic mass is 9.86. The first-order valence-electron chi connectivity index (χ1n) is 7.27. The molecule has 0 aliphatic heterocycles. The Labute approximate surface area is 140 Å². The summed E-state index contributed by atoms with van der Waals surface area (Å²) in [6.45, 7) is 8.22. The molecule has 1 heterocycles. The van der Waals surface area contributed by atoms with Crippen molar-refractivity contribution in [1.82, 2.24) is 0 Å². The van der Waals surface area contributed by atoms with Crippen molar-refractivity contribution in [3.63, 3.8) is 0 Å². The monoisotopic (exact) mass is 350 g/mol. The van der Waals surface area contributed by atoms with Crippen molar-refractivity contribution in [1.29, 1.82) is 0 Å². The largest absolute Gasteiger partial charge is 0.418 e. The lowest BCUT2D eigenvalue weighted by Crippen LogP contribution is -2.10. The van der Waals surface area contributed by atoms with E-state index in [0.717, 1.165) is 23.1 Å². The van der Waals surface area contributed by atoms with Crippen LogP contribution in [-0.2, 0) is 18.0 Å². The summed E-state index contributed by atoms with van der Waals surface area (Å²) in [5, 5.41) is 0.353. The normalized spacial score (nSPS) is 12.5. The van der Waals surface area contributed by atoms with E-state index in [1.54, 1.807) is 6.07 Å². The average molecular weight is 351 g/mol. The Balaban J connectivity index is 0.00000242. The summed E-state index contributed by atoms with van der Waals surface area (Å²) in [5.74, 6) is 0. The fourth-order valence-corrected chi connectivity index (χ4v) is 3.74. The second-order valence-electron chi connectivity index (χ2n) is 6.46. The third kappa shape index (κ3) is 3.96. The highest BCUT2D eigenvalue weighted by Gasteiger charge is 2.37. The van der Waals surface area contributed by atoms with Gasteiger partial charge < -0.3 is 0 Å². The summed E-state index contributed by atoms with van der Waals surface area (Å²) in [7, 11) is 0. The Kier molecular flexibility index (Phi) is 5.96. The Bertz CT molecular complexity index is 636. The van der Waals surface area contributed by atoms with E-state index in [1.807, 2.05) is 19.1 Å². The first-order chi connectivity index (χ1) is 9.64. The molecule has 1 aromatic heterocycles. The summed E-state index contributed by atoms with van der Waals surface area (Å²) >= 11 is 1.30. The number of benzene rings is 1. The molecule has 0 N–H and O–H groups in total. The summed E-state index contributed by atoms with van der Waals surface area (Å²) in [5.41, 5.74) is 0.601. The average Bonchev–Trinajstić information content (AvgIpc) is 2.71. The van der Waals surface area contributed by atoms with Gasteiger partial charge in [-0.3, -0.25) is 0 Å². The number of thiophene rings is 1. The quantitative estimate of drug-likeness (QED) is 0.560. The Morgan fingerprint density at radius 2 is 1.73 bits per heavy atom. The predicted octanol–water partition coefficient (Wildman–Crippen LogP) is 6.98. The van der Waals surface area contributed by atoms with Gasteiger partial charge >= 0.3 is 6.18 Å². The second kappa shape index (κ2) is 6.79. The molecule has 0 aliphatic rings. The van der Waals surface area contributed by atoms with Gasteiger partial charge in [-0.25, -0.2) is 0 Å². The van der Waals surface area contributed by atoms with Gasteiger partial charge in [0.15, 0.2) is 0 Å². The summed E-state index contributed by atoms with van der Waals surface area (Å²) in [6.07, 6.45) is -2.07. The van der Waals surface area contributed by atoms with E-state index in [9.17, 15) is 13.2 Å². The number of alkyl halides is 3. The Morgan fingerprint density at radius 1 is 1.09 bits per heavy atom. The standard InChI is InChI=1S/C17H21F3S.ClH/c1-5-6-7-13-15(17(18,19)20)12-9-8-11(16(2,3)4)10-14(12)21-13;/h8-10H,5-7H2,1-4H3;1H. The van der Waals surface area contributed by atoms with Crippen LogP contribution in [0.4, 0.5) is 13.2 Å². The van der Waals surface area contributed by atoms with E-state index >= 15 is 0 Å². The molecule has 0 amide bonds. The van der Waals surface area contributed by atoms with Crippen molar-refractivity contribution >= 4 is 33.8 Å². The van der Waals surface area contributed by atoms with E-state index in [2.05, 4.69) is 20.8 Å². The summed E-state index contributed by atoms with van der Waals surface area (Å²) < 4.78 is 40.9. The second-order valence-corrected chi connectivity index (χ2v) is 7.60. The maximum Gasteiger partial charge on any atom is 0.418 e. The molecule has 0 spiro atoms. The Hall–Kier alpha value is -0.740. The predicted molar refractivity (Wildman–Crippen MR) is 91.4 cm³/mol. The molecular weight excluding hydrogens is 329 g/mol. The van der Waals surface area contributed by atoms with Crippen molar-refractivity contribution < 1.29 is 13.2 Å². The fourth-order valence-electron chi connectivity index (χ4n) is 2.44. The molecule has 22 heavy (non-hydrogen) atoms. The molecule has 0 radical (unpaired) electrons. The maximum atomic E-state index is 13.4.